The van der Waals surface area contributed by atoms with Crippen LogP contribution in [0, 0.1) is 17.7 Å². The van der Waals surface area contributed by atoms with Gasteiger partial charge < -0.3 is 16.5 Å². The lowest BCUT2D eigenvalue weighted by Crippen LogP contribution is -2.45. The number of nitrogens with two attached hydrogens (primary N) is 2. The van der Waals surface area contributed by atoms with Crippen molar-refractivity contribution in [3.63, 3.8) is 0 Å². The summed E-state index contributed by atoms with van der Waals surface area (Å²) in [6, 6.07) is 0.648. The summed E-state index contributed by atoms with van der Waals surface area (Å²) < 4.78 is 56.1. The van der Waals surface area contributed by atoms with Crippen molar-refractivity contribution in [2.24, 2.45) is 17.6 Å². The number of nitrogen functional groups attached to an aromatic ring is 1. The van der Waals surface area contributed by atoms with Crippen LogP contribution in [0.1, 0.15) is 18.9 Å². The van der Waals surface area contributed by atoms with E-state index in [-0.39, 0.29) is 48.4 Å². The van der Waals surface area contributed by atoms with Crippen molar-refractivity contribution in [2.75, 3.05) is 30.4 Å². The Kier molecular flexibility index (Phi) is 5.28. The Morgan fingerprint density at radius 3 is 2.38 bits per heavy atom. The molecule has 2 fully saturated rings. The van der Waals surface area contributed by atoms with Crippen molar-refractivity contribution in [1.82, 2.24) is 14.2 Å². The van der Waals surface area contributed by atoms with Gasteiger partial charge in [0.15, 0.2) is 17.3 Å². The van der Waals surface area contributed by atoms with Gasteiger partial charge in [0.25, 0.3) is 5.56 Å². The van der Waals surface area contributed by atoms with Crippen molar-refractivity contribution in [1.29, 1.82) is 0 Å². The van der Waals surface area contributed by atoms with Crippen LogP contribution in [0.5, 0.6) is 0 Å². The Bertz CT molecular complexity index is 1060. The lowest BCUT2D eigenvalue weighted by Gasteiger charge is -2.20. The first-order chi connectivity index (χ1) is 13.1. The van der Waals surface area contributed by atoms with E-state index in [4.69, 9.17) is 11.6 Å². The van der Waals surface area contributed by atoms with Crippen LogP contribution in [-0.2, 0) is 0 Å². The van der Waals surface area contributed by atoms with E-state index in [1.165, 1.54) is 9.47 Å². The standard InChI is InChI=1S/C16H18F4N6O2.ClH/c17-11-3-9-12(25(8-1-2-8)15(28)26(22)14(9)27)23-13(11)24-5-7(4-21)10(6-24)16(18,19)20;/h3,7-8,10H,1-2,4-6,21-22H2;1H/t7-,10-;/m0./s1. The Morgan fingerprint density at radius 2 is 1.86 bits per heavy atom. The van der Waals surface area contributed by atoms with E-state index in [1.54, 1.807) is 0 Å². The number of anilines is 1. The summed E-state index contributed by atoms with van der Waals surface area (Å²) in [7, 11) is 0. The van der Waals surface area contributed by atoms with E-state index in [0.717, 1.165) is 6.07 Å². The maximum absolute atomic E-state index is 14.7. The highest BCUT2D eigenvalue weighted by Gasteiger charge is 2.49. The minimum absolute atomic E-state index is 0. The Hall–Kier alpha value is -2.34. The summed E-state index contributed by atoms with van der Waals surface area (Å²) >= 11 is 0. The van der Waals surface area contributed by atoms with Crippen LogP contribution in [0.15, 0.2) is 15.7 Å². The van der Waals surface area contributed by atoms with Gasteiger partial charge in [-0.25, -0.2) is 14.2 Å². The quantitative estimate of drug-likeness (QED) is 0.540. The molecular weight excluding hydrogens is 420 g/mol. The smallest absolute Gasteiger partial charge is 0.353 e. The van der Waals surface area contributed by atoms with Gasteiger partial charge in [-0.3, -0.25) is 9.36 Å². The van der Waals surface area contributed by atoms with Crippen LogP contribution in [0.4, 0.5) is 23.4 Å². The lowest BCUT2D eigenvalue weighted by atomic mass is 9.96. The summed E-state index contributed by atoms with van der Waals surface area (Å²) in [6.45, 7) is -0.833. The zero-order valence-corrected chi connectivity index (χ0v) is 15.8. The first kappa shape index (κ1) is 21.4. The van der Waals surface area contributed by atoms with Crippen LogP contribution >= 0.6 is 12.4 Å². The molecular formula is C16H19ClF4N6O2. The molecule has 2 aromatic rings. The monoisotopic (exact) mass is 438 g/mol. The fraction of sp³-hybridized carbons (Fsp3) is 0.562. The third-order valence-electron chi connectivity index (χ3n) is 5.40. The highest BCUT2D eigenvalue weighted by molar-refractivity contribution is 5.85. The van der Waals surface area contributed by atoms with Gasteiger partial charge in [0.1, 0.15) is 0 Å². The highest BCUT2D eigenvalue weighted by atomic mass is 35.5. The van der Waals surface area contributed by atoms with Gasteiger partial charge in [-0.05, 0) is 25.5 Å². The number of hydrogen-bond donors (Lipinski definition) is 2. The predicted octanol–water partition coefficient (Wildman–Crippen LogP) is 0.741. The zero-order valence-electron chi connectivity index (χ0n) is 15.0. The number of pyridine rings is 1. The molecule has 0 spiro atoms. The molecule has 0 radical (unpaired) electrons. The van der Waals surface area contributed by atoms with Crippen LogP contribution in [0.2, 0.25) is 0 Å². The van der Waals surface area contributed by atoms with Gasteiger partial charge in [-0.1, -0.05) is 0 Å². The van der Waals surface area contributed by atoms with Gasteiger partial charge >= 0.3 is 11.9 Å². The zero-order chi connectivity index (χ0) is 20.4. The van der Waals surface area contributed by atoms with Gasteiger partial charge in [0.2, 0.25) is 0 Å². The van der Waals surface area contributed by atoms with E-state index in [0.29, 0.717) is 17.5 Å². The predicted molar refractivity (Wildman–Crippen MR) is 100 cm³/mol. The number of aromatic nitrogens is 3. The van der Waals surface area contributed by atoms with Gasteiger partial charge in [0, 0.05) is 25.0 Å². The van der Waals surface area contributed by atoms with Gasteiger partial charge in [0.05, 0.1) is 11.3 Å². The molecule has 0 aromatic carbocycles. The van der Waals surface area contributed by atoms with E-state index in [2.05, 4.69) is 4.98 Å². The second-order valence-electron chi connectivity index (χ2n) is 7.27. The Balaban J connectivity index is 0.00000240. The molecule has 4 rings (SSSR count). The first-order valence-electron chi connectivity index (χ1n) is 8.78. The molecule has 1 saturated carbocycles. The molecule has 8 nitrogen and oxygen atoms in total. The average molecular weight is 439 g/mol. The molecule has 0 amide bonds. The number of nitrogens with zero attached hydrogens (tertiary/aromatic N) is 4. The maximum atomic E-state index is 14.7. The number of rotatable bonds is 3. The number of alkyl halides is 3. The third kappa shape index (κ3) is 3.44. The Morgan fingerprint density at radius 1 is 1.21 bits per heavy atom. The van der Waals surface area contributed by atoms with Crippen molar-refractivity contribution in [3.8, 4) is 0 Å². The molecule has 0 bridgehead atoms. The van der Waals surface area contributed by atoms with Crippen LogP contribution in [-0.4, -0.2) is 40.0 Å². The van der Waals surface area contributed by atoms with E-state index >= 15 is 0 Å². The van der Waals surface area contributed by atoms with Crippen molar-refractivity contribution in [2.45, 2.75) is 25.1 Å². The molecule has 1 saturated heterocycles. The number of fused-ring (bicyclic) bond motifs is 1. The SMILES string of the molecule is Cl.NC[C@H]1CN(c2nc3c(cc2F)c(=O)n(N)c(=O)n3C2CC2)C[C@@H]1C(F)(F)F. The molecule has 2 aromatic heterocycles. The fourth-order valence-electron chi connectivity index (χ4n) is 3.77. The van der Waals surface area contributed by atoms with E-state index in [9.17, 15) is 27.2 Å². The van der Waals surface area contributed by atoms with Crippen LogP contribution < -0.4 is 27.7 Å². The minimum atomic E-state index is -4.48. The van der Waals surface area contributed by atoms with E-state index < -0.39 is 41.6 Å². The summed E-state index contributed by atoms with van der Waals surface area (Å²) in [4.78, 5) is 29.9. The number of halogens is 5. The lowest BCUT2D eigenvalue weighted by molar-refractivity contribution is -0.178. The van der Waals surface area contributed by atoms with Gasteiger partial charge in [-0.15, -0.1) is 12.4 Å². The van der Waals surface area contributed by atoms with Gasteiger partial charge in [-0.2, -0.15) is 17.8 Å². The van der Waals surface area contributed by atoms with E-state index in [1.807, 2.05) is 0 Å². The topological polar surface area (TPSA) is 112 Å². The largest absolute Gasteiger partial charge is 0.393 e. The second-order valence-corrected chi connectivity index (χ2v) is 7.27. The van der Waals surface area contributed by atoms with Crippen molar-refractivity contribution >= 4 is 29.3 Å². The van der Waals surface area contributed by atoms with Crippen LogP contribution in [0.25, 0.3) is 11.0 Å². The maximum Gasteiger partial charge on any atom is 0.393 e. The molecule has 0 unspecified atom stereocenters. The molecule has 13 heteroatoms. The molecule has 1 aliphatic carbocycles. The molecule has 2 aliphatic rings. The van der Waals surface area contributed by atoms with Crippen LogP contribution in [0.3, 0.4) is 0 Å². The Labute approximate surface area is 167 Å². The molecule has 160 valence electrons. The summed E-state index contributed by atoms with van der Waals surface area (Å²) in [6.07, 6.45) is -3.15. The third-order valence-corrected chi connectivity index (χ3v) is 5.40. The van der Waals surface area contributed by atoms with Crippen molar-refractivity contribution < 1.29 is 17.6 Å². The molecule has 2 atom stereocenters. The molecule has 29 heavy (non-hydrogen) atoms. The summed E-state index contributed by atoms with van der Waals surface area (Å²) in [5.74, 6) is 1.60. The second kappa shape index (κ2) is 7.17. The summed E-state index contributed by atoms with van der Waals surface area (Å²) in [5, 5.41) is -0.197. The molecule has 1 aliphatic heterocycles. The first-order valence-corrected chi connectivity index (χ1v) is 8.78. The molecule has 3 heterocycles. The average Bonchev–Trinajstić information content (AvgIpc) is 3.36. The summed E-state index contributed by atoms with van der Waals surface area (Å²) in [5.41, 5.74) is 3.70. The fourth-order valence-corrected chi connectivity index (χ4v) is 3.77. The normalized spacial score (nSPS) is 22.2. The highest BCUT2D eigenvalue weighted by Crippen LogP contribution is 2.40. The molecule has 4 N–H and O–H groups in total. The minimum Gasteiger partial charge on any atom is -0.353 e. The van der Waals surface area contributed by atoms with Crippen molar-refractivity contribution in [3.05, 3.63) is 32.7 Å². The number of hydrogen-bond acceptors (Lipinski definition) is 6.